The van der Waals surface area contributed by atoms with Crippen LogP contribution < -0.4 is 0 Å². The summed E-state index contributed by atoms with van der Waals surface area (Å²) in [5, 5.41) is 0. The van der Waals surface area contributed by atoms with Crippen molar-refractivity contribution in [3.05, 3.63) is 23.2 Å². The molecule has 23 heavy (non-hydrogen) atoms. The number of amides is 2. The van der Waals surface area contributed by atoms with Gasteiger partial charge in [0, 0.05) is 26.4 Å². The van der Waals surface area contributed by atoms with E-state index >= 15 is 0 Å². The first kappa shape index (κ1) is 17.5. The van der Waals surface area contributed by atoms with E-state index in [0.29, 0.717) is 12.8 Å². The van der Waals surface area contributed by atoms with Gasteiger partial charge in [-0.25, -0.2) is 4.39 Å². The van der Waals surface area contributed by atoms with E-state index in [1.165, 1.54) is 7.11 Å². The summed E-state index contributed by atoms with van der Waals surface area (Å²) in [5.74, 6) is -7.57. The van der Waals surface area contributed by atoms with Crippen LogP contribution in [0, 0.1) is 0 Å². The molecule has 0 aromatic rings. The SMILES string of the molecule is CCCN1C=C(C2=C(F)C(=O)N(CCC)C2OC)C(F)(F)C1=O. The number of ether oxygens (including phenoxy) is 1. The van der Waals surface area contributed by atoms with Crippen LogP contribution in [-0.2, 0) is 14.3 Å². The summed E-state index contributed by atoms with van der Waals surface area (Å²) >= 11 is 0. The largest absolute Gasteiger partial charge is 0.357 e. The molecule has 1 unspecified atom stereocenters. The van der Waals surface area contributed by atoms with Gasteiger partial charge in [0.1, 0.15) is 0 Å². The summed E-state index contributed by atoms with van der Waals surface area (Å²) in [6.45, 7) is 3.76. The highest BCUT2D eigenvalue weighted by molar-refractivity contribution is 5.99. The van der Waals surface area contributed by atoms with Crippen molar-refractivity contribution in [2.45, 2.75) is 38.8 Å². The molecule has 2 heterocycles. The van der Waals surface area contributed by atoms with Gasteiger partial charge in [-0.15, -0.1) is 0 Å². The molecule has 5 nitrogen and oxygen atoms in total. The van der Waals surface area contributed by atoms with E-state index < -0.39 is 40.9 Å². The Bertz CT molecular complexity index is 587. The van der Waals surface area contributed by atoms with Crippen molar-refractivity contribution in [1.29, 1.82) is 0 Å². The van der Waals surface area contributed by atoms with Crippen molar-refractivity contribution in [3.63, 3.8) is 0 Å². The molecule has 2 rings (SSSR count). The van der Waals surface area contributed by atoms with E-state index in [-0.39, 0.29) is 13.1 Å². The van der Waals surface area contributed by atoms with Crippen LogP contribution in [0.2, 0.25) is 0 Å². The second-order valence-corrected chi connectivity index (χ2v) is 5.43. The standard InChI is InChI=1S/C15H19F3N2O3/c1-4-6-19-8-9(15(17,18)14(19)22)10-11(16)12(21)20(7-5-2)13(10)23-3/h8,13H,4-7H2,1-3H3. The van der Waals surface area contributed by atoms with Crippen molar-refractivity contribution in [3.8, 4) is 0 Å². The molecular weight excluding hydrogens is 313 g/mol. The normalized spacial score (nSPS) is 24.1. The Morgan fingerprint density at radius 1 is 1.22 bits per heavy atom. The van der Waals surface area contributed by atoms with Gasteiger partial charge in [-0.05, 0) is 12.8 Å². The summed E-state index contributed by atoms with van der Waals surface area (Å²) in [6.07, 6.45) is 0.661. The van der Waals surface area contributed by atoms with Gasteiger partial charge in [0.05, 0.1) is 11.1 Å². The maximum absolute atomic E-state index is 14.3. The van der Waals surface area contributed by atoms with E-state index in [1.807, 2.05) is 0 Å². The highest BCUT2D eigenvalue weighted by atomic mass is 19.3. The van der Waals surface area contributed by atoms with Gasteiger partial charge in [-0.2, -0.15) is 8.78 Å². The number of hydrogen-bond donors (Lipinski definition) is 0. The molecule has 1 atom stereocenters. The number of alkyl halides is 2. The first-order valence-electron chi connectivity index (χ1n) is 7.46. The monoisotopic (exact) mass is 332 g/mol. The Labute approximate surface area is 132 Å². The molecule has 0 radical (unpaired) electrons. The lowest BCUT2D eigenvalue weighted by Gasteiger charge is -2.26. The maximum Gasteiger partial charge on any atom is 0.352 e. The summed E-state index contributed by atoms with van der Waals surface area (Å²) in [4.78, 5) is 25.7. The minimum absolute atomic E-state index is 0.0943. The van der Waals surface area contributed by atoms with E-state index in [1.54, 1.807) is 13.8 Å². The third-order valence-corrected chi connectivity index (χ3v) is 3.81. The Balaban J connectivity index is 2.48. The van der Waals surface area contributed by atoms with Gasteiger partial charge in [0.2, 0.25) is 0 Å². The molecule has 0 saturated carbocycles. The number of carbonyl (C=O) groups is 2. The van der Waals surface area contributed by atoms with E-state index in [0.717, 1.165) is 16.0 Å². The van der Waals surface area contributed by atoms with Crippen LogP contribution in [0.1, 0.15) is 26.7 Å². The zero-order valence-corrected chi connectivity index (χ0v) is 13.2. The summed E-state index contributed by atoms with van der Waals surface area (Å²) < 4.78 is 48.0. The first-order valence-corrected chi connectivity index (χ1v) is 7.46. The van der Waals surface area contributed by atoms with Gasteiger partial charge >= 0.3 is 11.8 Å². The molecule has 0 aliphatic carbocycles. The molecule has 2 amide bonds. The Morgan fingerprint density at radius 3 is 2.35 bits per heavy atom. The van der Waals surface area contributed by atoms with Gasteiger partial charge in [0.15, 0.2) is 12.1 Å². The number of rotatable bonds is 6. The quantitative estimate of drug-likeness (QED) is 0.749. The van der Waals surface area contributed by atoms with Crippen molar-refractivity contribution in [2.24, 2.45) is 0 Å². The highest BCUT2D eigenvalue weighted by Crippen LogP contribution is 2.43. The molecule has 8 heteroatoms. The fraction of sp³-hybridized carbons (Fsp3) is 0.600. The molecule has 0 N–H and O–H groups in total. The lowest BCUT2D eigenvalue weighted by Crippen LogP contribution is -2.40. The third-order valence-electron chi connectivity index (χ3n) is 3.81. The minimum Gasteiger partial charge on any atom is -0.357 e. The van der Waals surface area contributed by atoms with Crippen LogP contribution >= 0.6 is 0 Å². The Hall–Kier alpha value is -1.83. The molecule has 0 spiro atoms. The molecule has 0 aromatic heterocycles. The van der Waals surface area contributed by atoms with Crippen molar-refractivity contribution >= 4 is 11.8 Å². The molecule has 128 valence electrons. The molecule has 2 aliphatic rings. The number of halogens is 3. The molecule has 0 bridgehead atoms. The van der Waals surface area contributed by atoms with Gasteiger partial charge in [0.25, 0.3) is 5.91 Å². The number of carbonyl (C=O) groups excluding carboxylic acids is 2. The Morgan fingerprint density at radius 2 is 1.83 bits per heavy atom. The molecule has 0 saturated heterocycles. The molecular formula is C15H19F3N2O3. The van der Waals surface area contributed by atoms with Crippen LogP contribution in [0.3, 0.4) is 0 Å². The van der Waals surface area contributed by atoms with Crippen LogP contribution in [0.15, 0.2) is 23.2 Å². The average molecular weight is 332 g/mol. The number of methoxy groups -OCH3 is 1. The second-order valence-electron chi connectivity index (χ2n) is 5.43. The topological polar surface area (TPSA) is 49.9 Å². The third kappa shape index (κ3) is 2.65. The summed E-state index contributed by atoms with van der Waals surface area (Å²) in [7, 11) is 1.21. The maximum atomic E-state index is 14.3. The zero-order valence-electron chi connectivity index (χ0n) is 13.2. The second kappa shape index (κ2) is 6.35. The van der Waals surface area contributed by atoms with Gasteiger partial charge < -0.3 is 14.5 Å². The van der Waals surface area contributed by atoms with E-state index in [4.69, 9.17) is 4.74 Å². The van der Waals surface area contributed by atoms with E-state index in [9.17, 15) is 22.8 Å². The predicted octanol–water partition coefficient (Wildman–Crippen LogP) is 2.21. The predicted molar refractivity (Wildman–Crippen MR) is 76.0 cm³/mol. The fourth-order valence-corrected chi connectivity index (χ4v) is 2.80. The van der Waals surface area contributed by atoms with Crippen LogP contribution in [0.5, 0.6) is 0 Å². The number of hydrogen-bond acceptors (Lipinski definition) is 3. The lowest BCUT2D eigenvalue weighted by molar-refractivity contribution is -0.146. The van der Waals surface area contributed by atoms with Gasteiger partial charge in [-0.1, -0.05) is 13.8 Å². The fourth-order valence-electron chi connectivity index (χ4n) is 2.80. The van der Waals surface area contributed by atoms with Crippen molar-refractivity contribution in [2.75, 3.05) is 20.2 Å². The smallest absolute Gasteiger partial charge is 0.352 e. The molecule has 0 aromatic carbocycles. The highest BCUT2D eigenvalue weighted by Gasteiger charge is 2.56. The van der Waals surface area contributed by atoms with Crippen LogP contribution in [-0.4, -0.2) is 54.0 Å². The average Bonchev–Trinajstić information content (AvgIpc) is 2.87. The first-order chi connectivity index (χ1) is 10.8. The molecule has 0 fully saturated rings. The minimum atomic E-state index is -3.87. The zero-order chi connectivity index (χ0) is 17.4. The van der Waals surface area contributed by atoms with Crippen molar-refractivity contribution < 1.29 is 27.5 Å². The summed E-state index contributed by atoms with van der Waals surface area (Å²) in [5.41, 5.74) is -1.35. The van der Waals surface area contributed by atoms with E-state index in [2.05, 4.69) is 0 Å². The summed E-state index contributed by atoms with van der Waals surface area (Å²) in [6, 6.07) is 0. The molecule has 2 aliphatic heterocycles. The van der Waals surface area contributed by atoms with Crippen LogP contribution in [0.4, 0.5) is 13.2 Å². The number of nitrogens with zero attached hydrogens (tertiary/aromatic N) is 2. The van der Waals surface area contributed by atoms with Gasteiger partial charge in [-0.3, -0.25) is 9.59 Å². The Kier molecular flexibility index (Phi) is 4.84. The van der Waals surface area contributed by atoms with Crippen LogP contribution in [0.25, 0.3) is 0 Å². The van der Waals surface area contributed by atoms with Crippen molar-refractivity contribution in [1.82, 2.24) is 9.80 Å². The lowest BCUT2D eigenvalue weighted by atomic mass is 10.0.